The van der Waals surface area contributed by atoms with E-state index in [0.717, 1.165) is 32.8 Å². The molecule has 1 saturated heterocycles. The van der Waals surface area contributed by atoms with Gasteiger partial charge in [-0.3, -0.25) is 4.90 Å². The maximum atomic E-state index is 5.89. The molecular formula is C12H27N3O. The van der Waals surface area contributed by atoms with Gasteiger partial charge in [0.15, 0.2) is 0 Å². The number of hydrogen-bond donors (Lipinski definition) is 0. The average molecular weight is 229 g/mol. The van der Waals surface area contributed by atoms with Crippen molar-refractivity contribution in [2.24, 2.45) is 0 Å². The van der Waals surface area contributed by atoms with E-state index in [0.29, 0.717) is 12.1 Å². The normalized spacial score (nSPS) is 25.3. The molecule has 0 saturated carbocycles. The third kappa shape index (κ3) is 3.42. The van der Waals surface area contributed by atoms with Crippen LogP contribution in [0.5, 0.6) is 0 Å². The molecule has 2 atom stereocenters. The molecule has 4 heteroatoms. The van der Waals surface area contributed by atoms with Crippen molar-refractivity contribution in [3.63, 3.8) is 0 Å². The Morgan fingerprint density at radius 3 is 2.44 bits per heavy atom. The van der Waals surface area contributed by atoms with E-state index in [2.05, 4.69) is 49.8 Å². The number of likely N-dealkylation sites (N-methyl/N-ethyl adjacent to an activating group) is 1. The van der Waals surface area contributed by atoms with Gasteiger partial charge in [0.2, 0.25) is 0 Å². The Bertz CT molecular complexity index is 195. The van der Waals surface area contributed by atoms with Crippen molar-refractivity contribution in [2.75, 3.05) is 46.9 Å². The lowest BCUT2D eigenvalue weighted by molar-refractivity contribution is -0.122. The first kappa shape index (κ1) is 13.9. The average Bonchev–Trinajstić information content (AvgIpc) is 2.30. The van der Waals surface area contributed by atoms with Gasteiger partial charge in [-0.1, -0.05) is 13.8 Å². The molecule has 0 spiro atoms. The van der Waals surface area contributed by atoms with Crippen molar-refractivity contribution >= 4 is 0 Å². The van der Waals surface area contributed by atoms with Crippen LogP contribution < -0.4 is 0 Å². The molecule has 1 aliphatic heterocycles. The van der Waals surface area contributed by atoms with E-state index in [-0.39, 0.29) is 0 Å². The van der Waals surface area contributed by atoms with Gasteiger partial charge in [-0.2, -0.15) is 0 Å². The second kappa shape index (κ2) is 6.55. The van der Waals surface area contributed by atoms with E-state index in [1.54, 1.807) is 0 Å². The van der Waals surface area contributed by atoms with Crippen molar-refractivity contribution in [1.82, 2.24) is 14.9 Å². The lowest BCUT2D eigenvalue weighted by Crippen LogP contribution is -2.55. The summed E-state index contributed by atoms with van der Waals surface area (Å²) in [7, 11) is 4.20. The summed E-state index contributed by atoms with van der Waals surface area (Å²) in [6.07, 6.45) is 0.330. The fourth-order valence-corrected chi connectivity index (χ4v) is 2.35. The van der Waals surface area contributed by atoms with Crippen molar-refractivity contribution in [3.05, 3.63) is 0 Å². The highest BCUT2D eigenvalue weighted by Crippen LogP contribution is 2.14. The van der Waals surface area contributed by atoms with Crippen LogP contribution >= 0.6 is 0 Å². The molecule has 2 unspecified atom stereocenters. The van der Waals surface area contributed by atoms with E-state index in [9.17, 15) is 0 Å². The number of nitrogens with zero attached hydrogens (tertiary/aromatic N) is 3. The quantitative estimate of drug-likeness (QED) is 0.697. The number of hydrazine groups is 1. The molecule has 0 bridgehead atoms. The van der Waals surface area contributed by atoms with Crippen LogP contribution in [0.15, 0.2) is 0 Å². The van der Waals surface area contributed by atoms with E-state index < -0.39 is 0 Å². The number of rotatable bonds is 5. The standard InChI is InChI=1S/C12H27N3O/c1-6-14(7-2)11(3)12-10-15(13(4)5)8-9-16-12/h11-12H,6-10H2,1-5H3. The highest BCUT2D eigenvalue weighted by molar-refractivity contribution is 4.80. The van der Waals surface area contributed by atoms with E-state index >= 15 is 0 Å². The van der Waals surface area contributed by atoms with Crippen LogP contribution in [0.3, 0.4) is 0 Å². The summed E-state index contributed by atoms with van der Waals surface area (Å²) in [5.74, 6) is 0. The van der Waals surface area contributed by atoms with Gasteiger partial charge >= 0.3 is 0 Å². The molecular weight excluding hydrogens is 202 g/mol. The van der Waals surface area contributed by atoms with Crippen LogP contribution in [0, 0.1) is 0 Å². The van der Waals surface area contributed by atoms with Gasteiger partial charge in [-0.15, -0.1) is 0 Å². The van der Waals surface area contributed by atoms with Crippen LogP contribution in [0.25, 0.3) is 0 Å². The van der Waals surface area contributed by atoms with Gasteiger partial charge in [0, 0.05) is 33.2 Å². The highest BCUT2D eigenvalue weighted by Gasteiger charge is 2.28. The number of ether oxygens (including phenoxy) is 1. The Hall–Kier alpha value is -0.160. The Labute approximate surface area is 100 Å². The summed E-state index contributed by atoms with van der Waals surface area (Å²) in [5.41, 5.74) is 0. The third-order valence-corrected chi connectivity index (χ3v) is 3.56. The molecule has 0 aliphatic carbocycles. The summed E-state index contributed by atoms with van der Waals surface area (Å²) >= 11 is 0. The fourth-order valence-electron chi connectivity index (χ4n) is 2.35. The topological polar surface area (TPSA) is 19.0 Å². The Balaban J connectivity index is 2.52. The molecule has 0 aromatic carbocycles. The minimum atomic E-state index is 0.330. The lowest BCUT2D eigenvalue weighted by atomic mass is 10.1. The van der Waals surface area contributed by atoms with Crippen LogP contribution in [0.4, 0.5) is 0 Å². The Morgan fingerprint density at radius 2 is 1.94 bits per heavy atom. The highest BCUT2D eigenvalue weighted by atomic mass is 16.5. The van der Waals surface area contributed by atoms with Crippen LogP contribution in [0.1, 0.15) is 20.8 Å². The van der Waals surface area contributed by atoms with E-state index in [1.807, 2.05) is 0 Å². The molecule has 96 valence electrons. The molecule has 1 heterocycles. The van der Waals surface area contributed by atoms with Crippen molar-refractivity contribution in [3.8, 4) is 0 Å². The molecule has 0 aromatic heterocycles. The van der Waals surface area contributed by atoms with Gasteiger partial charge in [0.05, 0.1) is 12.7 Å². The minimum absolute atomic E-state index is 0.330. The Kier molecular flexibility index (Phi) is 5.69. The molecule has 0 N–H and O–H groups in total. The second-order valence-electron chi connectivity index (χ2n) is 4.63. The monoisotopic (exact) mass is 229 g/mol. The summed E-state index contributed by atoms with van der Waals surface area (Å²) in [6.45, 7) is 11.8. The molecule has 1 rings (SSSR count). The summed E-state index contributed by atoms with van der Waals surface area (Å²) in [5, 5.41) is 4.53. The van der Waals surface area contributed by atoms with E-state index in [4.69, 9.17) is 4.74 Å². The molecule has 16 heavy (non-hydrogen) atoms. The maximum absolute atomic E-state index is 5.89. The summed E-state index contributed by atoms with van der Waals surface area (Å²) < 4.78 is 5.89. The minimum Gasteiger partial charge on any atom is -0.374 e. The van der Waals surface area contributed by atoms with Gasteiger partial charge < -0.3 is 4.74 Å². The first-order valence-corrected chi connectivity index (χ1v) is 6.38. The SMILES string of the molecule is CCN(CC)C(C)C1CN(N(C)C)CCO1. The van der Waals surface area contributed by atoms with Gasteiger partial charge in [0.25, 0.3) is 0 Å². The van der Waals surface area contributed by atoms with Crippen molar-refractivity contribution < 1.29 is 4.74 Å². The predicted molar refractivity (Wildman–Crippen MR) is 67.4 cm³/mol. The molecule has 0 aromatic rings. The largest absolute Gasteiger partial charge is 0.374 e. The molecule has 0 amide bonds. The fraction of sp³-hybridized carbons (Fsp3) is 1.00. The zero-order chi connectivity index (χ0) is 12.1. The zero-order valence-corrected chi connectivity index (χ0v) is 11.4. The number of morpholine rings is 1. The van der Waals surface area contributed by atoms with Gasteiger partial charge in [0.1, 0.15) is 0 Å². The van der Waals surface area contributed by atoms with Crippen LogP contribution in [0.2, 0.25) is 0 Å². The first-order chi connectivity index (χ1) is 7.60. The predicted octanol–water partition coefficient (Wildman–Crippen LogP) is 0.894. The molecule has 4 nitrogen and oxygen atoms in total. The van der Waals surface area contributed by atoms with Gasteiger partial charge in [-0.05, 0) is 20.0 Å². The zero-order valence-electron chi connectivity index (χ0n) is 11.4. The van der Waals surface area contributed by atoms with Crippen molar-refractivity contribution in [2.45, 2.75) is 32.9 Å². The number of hydrogen-bond acceptors (Lipinski definition) is 4. The third-order valence-electron chi connectivity index (χ3n) is 3.56. The lowest BCUT2D eigenvalue weighted by Gasteiger charge is -2.41. The summed E-state index contributed by atoms with van der Waals surface area (Å²) in [4.78, 5) is 2.46. The Morgan fingerprint density at radius 1 is 1.31 bits per heavy atom. The van der Waals surface area contributed by atoms with Crippen LogP contribution in [-0.2, 0) is 4.74 Å². The molecule has 0 radical (unpaired) electrons. The van der Waals surface area contributed by atoms with Crippen molar-refractivity contribution in [1.29, 1.82) is 0 Å². The first-order valence-electron chi connectivity index (χ1n) is 6.38. The molecule has 1 aliphatic rings. The maximum Gasteiger partial charge on any atom is 0.0868 e. The van der Waals surface area contributed by atoms with E-state index in [1.165, 1.54) is 0 Å². The molecule has 1 fully saturated rings. The van der Waals surface area contributed by atoms with Crippen LogP contribution in [-0.4, -0.2) is 73.9 Å². The second-order valence-corrected chi connectivity index (χ2v) is 4.63. The van der Waals surface area contributed by atoms with Gasteiger partial charge in [-0.25, -0.2) is 10.0 Å². The summed E-state index contributed by atoms with van der Waals surface area (Å²) in [6, 6.07) is 0.498. The smallest absolute Gasteiger partial charge is 0.0868 e.